The fraction of sp³-hybridized carbons (Fsp3) is 0.800. The van der Waals surface area contributed by atoms with Gasteiger partial charge in [0, 0.05) is 6.04 Å². The van der Waals surface area contributed by atoms with E-state index in [4.69, 9.17) is 5.73 Å². The van der Waals surface area contributed by atoms with Gasteiger partial charge in [0.05, 0.1) is 5.92 Å². The highest BCUT2D eigenvalue weighted by Gasteiger charge is 2.40. The van der Waals surface area contributed by atoms with E-state index in [9.17, 15) is 13.2 Å². The lowest BCUT2D eigenvalue weighted by atomic mass is 9.86. The number of nitrogens with two attached hydrogens (primary N) is 1. The fourth-order valence-electron chi connectivity index (χ4n) is 1.85. The van der Waals surface area contributed by atoms with Crippen LogP contribution in [0.25, 0.3) is 0 Å². The van der Waals surface area contributed by atoms with Crippen molar-refractivity contribution >= 4 is 0 Å². The Morgan fingerprint density at radius 1 is 1.57 bits per heavy atom. The molecule has 1 nitrogen and oxygen atoms in total. The predicted octanol–water partition coefficient (Wildman–Crippen LogP) is 3.01. The van der Waals surface area contributed by atoms with Crippen LogP contribution in [0.5, 0.6) is 0 Å². The second-order valence-corrected chi connectivity index (χ2v) is 4.06. The van der Waals surface area contributed by atoms with E-state index >= 15 is 0 Å². The van der Waals surface area contributed by atoms with E-state index in [2.05, 4.69) is 0 Å². The van der Waals surface area contributed by atoms with Crippen molar-refractivity contribution in [2.75, 3.05) is 0 Å². The molecule has 0 radical (unpaired) electrons. The summed E-state index contributed by atoms with van der Waals surface area (Å²) < 4.78 is 37.2. The monoisotopic (exact) mass is 207 g/mol. The summed E-state index contributed by atoms with van der Waals surface area (Å²) >= 11 is 0. The quantitative estimate of drug-likeness (QED) is 0.692. The van der Waals surface area contributed by atoms with Crippen LogP contribution in [-0.4, -0.2) is 12.2 Å². The normalized spacial score (nSPS) is 25.8. The zero-order valence-electron chi connectivity index (χ0n) is 8.27. The first kappa shape index (κ1) is 11.6. The smallest absolute Gasteiger partial charge is 0.328 e. The second-order valence-electron chi connectivity index (χ2n) is 4.06. The molecule has 0 aromatic heterocycles. The summed E-state index contributed by atoms with van der Waals surface area (Å²) in [6.07, 6.45) is -0.640. The molecule has 0 saturated heterocycles. The highest BCUT2D eigenvalue weighted by atomic mass is 19.4. The van der Waals surface area contributed by atoms with Gasteiger partial charge in [0.25, 0.3) is 0 Å². The Hall–Kier alpha value is -0.510. The molecule has 2 N–H and O–H groups in total. The minimum absolute atomic E-state index is 0.0479. The first-order chi connectivity index (χ1) is 6.39. The minimum Gasteiger partial charge on any atom is -0.328 e. The summed E-state index contributed by atoms with van der Waals surface area (Å²) in [5.41, 5.74) is 6.42. The molecule has 4 heteroatoms. The van der Waals surface area contributed by atoms with E-state index in [-0.39, 0.29) is 18.9 Å². The number of rotatable bonds is 2. The average molecular weight is 207 g/mol. The van der Waals surface area contributed by atoms with Gasteiger partial charge in [-0.05, 0) is 32.6 Å². The van der Waals surface area contributed by atoms with Crippen LogP contribution < -0.4 is 5.73 Å². The molecule has 0 saturated carbocycles. The number of halogens is 3. The Bertz CT molecular complexity index is 218. The van der Waals surface area contributed by atoms with E-state index in [1.807, 2.05) is 13.0 Å². The molecule has 2 atom stereocenters. The molecule has 0 bridgehead atoms. The maximum atomic E-state index is 12.4. The van der Waals surface area contributed by atoms with Gasteiger partial charge in [0.15, 0.2) is 0 Å². The molecule has 1 aliphatic carbocycles. The van der Waals surface area contributed by atoms with Crippen LogP contribution in [0.1, 0.15) is 32.6 Å². The highest BCUT2D eigenvalue weighted by molar-refractivity contribution is 5.09. The van der Waals surface area contributed by atoms with E-state index in [0.717, 1.165) is 5.57 Å². The fourth-order valence-corrected chi connectivity index (χ4v) is 1.85. The Kier molecular flexibility index (Phi) is 3.59. The third-order valence-electron chi connectivity index (χ3n) is 2.50. The third-order valence-corrected chi connectivity index (χ3v) is 2.50. The van der Waals surface area contributed by atoms with Gasteiger partial charge < -0.3 is 5.73 Å². The molecule has 0 aliphatic heterocycles. The molecule has 0 amide bonds. The average Bonchev–Trinajstić information content (AvgIpc) is 2.01. The lowest BCUT2D eigenvalue weighted by Gasteiger charge is -2.25. The van der Waals surface area contributed by atoms with Crippen molar-refractivity contribution in [3.05, 3.63) is 11.6 Å². The molecule has 0 aromatic carbocycles. The summed E-state index contributed by atoms with van der Waals surface area (Å²) in [5.74, 6) is -1.15. The van der Waals surface area contributed by atoms with Gasteiger partial charge in [-0.3, -0.25) is 0 Å². The Morgan fingerprint density at radius 3 is 2.71 bits per heavy atom. The molecular weight excluding hydrogens is 191 g/mol. The topological polar surface area (TPSA) is 26.0 Å². The SMILES string of the molecule is C[C@H](N)CC1=CCCC(C(F)(F)F)C1. The molecule has 0 spiro atoms. The van der Waals surface area contributed by atoms with E-state index in [1.54, 1.807) is 0 Å². The highest BCUT2D eigenvalue weighted by Crippen LogP contribution is 2.38. The van der Waals surface area contributed by atoms with Crippen LogP contribution in [0.4, 0.5) is 13.2 Å². The molecule has 82 valence electrons. The predicted molar refractivity (Wildman–Crippen MR) is 49.7 cm³/mol. The van der Waals surface area contributed by atoms with E-state index in [1.165, 1.54) is 0 Å². The van der Waals surface area contributed by atoms with Crippen LogP contribution in [-0.2, 0) is 0 Å². The van der Waals surface area contributed by atoms with Gasteiger partial charge in [-0.2, -0.15) is 13.2 Å². The summed E-state index contributed by atoms with van der Waals surface area (Å²) in [4.78, 5) is 0. The van der Waals surface area contributed by atoms with Crippen LogP contribution in [0.2, 0.25) is 0 Å². The molecule has 14 heavy (non-hydrogen) atoms. The minimum atomic E-state index is -4.04. The van der Waals surface area contributed by atoms with Gasteiger partial charge in [-0.15, -0.1) is 0 Å². The molecule has 0 aromatic rings. The van der Waals surface area contributed by atoms with Crippen LogP contribution in [0.15, 0.2) is 11.6 Å². The molecule has 0 heterocycles. The standard InChI is InChI=1S/C10H16F3N/c1-7(14)5-8-3-2-4-9(6-8)10(11,12)13/h3,7,9H,2,4-6,14H2,1H3/t7-,9?/m0/s1. The number of alkyl halides is 3. The van der Waals surface area contributed by atoms with Gasteiger partial charge in [-0.25, -0.2) is 0 Å². The van der Waals surface area contributed by atoms with Crippen molar-refractivity contribution in [3.8, 4) is 0 Å². The number of hydrogen-bond donors (Lipinski definition) is 1. The lowest BCUT2D eigenvalue weighted by molar-refractivity contribution is -0.176. The van der Waals surface area contributed by atoms with Crippen LogP contribution in [0, 0.1) is 5.92 Å². The van der Waals surface area contributed by atoms with Crippen molar-refractivity contribution in [2.24, 2.45) is 11.7 Å². The van der Waals surface area contributed by atoms with Crippen molar-refractivity contribution in [1.29, 1.82) is 0 Å². The van der Waals surface area contributed by atoms with Gasteiger partial charge >= 0.3 is 6.18 Å². The third kappa shape index (κ3) is 3.33. The van der Waals surface area contributed by atoms with E-state index in [0.29, 0.717) is 12.8 Å². The Balaban J connectivity index is 2.54. The van der Waals surface area contributed by atoms with E-state index < -0.39 is 12.1 Å². The van der Waals surface area contributed by atoms with Crippen molar-refractivity contribution < 1.29 is 13.2 Å². The molecule has 1 rings (SSSR count). The Labute approximate surface area is 82.2 Å². The first-order valence-electron chi connectivity index (χ1n) is 4.90. The summed E-state index contributed by atoms with van der Waals surface area (Å²) in [7, 11) is 0. The van der Waals surface area contributed by atoms with Gasteiger partial charge in [0.2, 0.25) is 0 Å². The zero-order valence-corrected chi connectivity index (χ0v) is 8.27. The second kappa shape index (κ2) is 4.34. The van der Waals surface area contributed by atoms with Crippen LogP contribution in [0.3, 0.4) is 0 Å². The summed E-state index contributed by atoms with van der Waals surface area (Å²) in [6, 6.07) is -0.0479. The maximum Gasteiger partial charge on any atom is 0.392 e. The Morgan fingerprint density at radius 2 is 2.21 bits per heavy atom. The number of allylic oxidation sites excluding steroid dienone is 1. The van der Waals surface area contributed by atoms with Crippen molar-refractivity contribution in [2.45, 2.75) is 44.8 Å². The molecule has 1 unspecified atom stereocenters. The largest absolute Gasteiger partial charge is 0.392 e. The molecule has 0 fully saturated rings. The maximum absolute atomic E-state index is 12.4. The molecule has 1 aliphatic rings. The van der Waals surface area contributed by atoms with Crippen LogP contribution >= 0.6 is 0 Å². The molecular formula is C10H16F3N. The van der Waals surface area contributed by atoms with Crippen molar-refractivity contribution in [1.82, 2.24) is 0 Å². The van der Waals surface area contributed by atoms with Gasteiger partial charge in [-0.1, -0.05) is 11.6 Å². The summed E-state index contributed by atoms with van der Waals surface area (Å²) in [6.45, 7) is 1.82. The van der Waals surface area contributed by atoms with Gasteiger partial charge in [0.1, 0.15) is 0 Å². The van der Waals surface area contributed by atoms with Crippen molar-refractivity contribution in [3.63, 3.8) is 0 Å². The zero-order chi connectivity index (χ0) is 10.8. The lowest BCUT2D eigenvalue weighted by Crippen LogP contribution is -2.26. The number of hydrogen-bond acceptors (Lipinski definition) is 1. The summed E-state index contributed by atoms with van der Waals surface area (Å²) in [5, 5.41) is 0. The first-order valence-corrected chi connectivity index (χ1v) is 4.90.